The summed E-state index contributed by atoms with van der Waals surface area (Å²) in [4.78, 5) is 4.41. The summed E-state index contributed by atoms with van der Waals surface area (Å²) in [5, 5.41) is 6.06. The molecule has 1 aromatic heterocycles. The van der Waals surface area contributed by atoms with E-state index in [0.29, 0.717) is 17.9 Å². The van der Waals surface area contributed by atoms with Gasteiger partial charge >= 0.3 is 0 Å². The van der Waals surface area contributed by atoms with Crippen molar-refractivity contribution in [2.75, 3.05) is 7.05 Å². The van der Waals surface area contributed by atoms with Gasteiger partial charge in [-0.05, 0) is 37.7 Å². The Bertz CT molecular complexity index is 527. The van der Waals surface area contributed by atoms with Crippen molar-refractivity contribution in [3.05, 3.63) is 45.7 Å². The zero-order valence-electron chi connectivity index (χ0n) is 10.4. The van der Waals surface area contributed by atoms with E-state index < -0.39 is 0 Å². The second kappa shape index (κ2) is 5.93. The monoisotopic (exact) mass is 266 g/mol. The van der Waals surface area contributed by atoms with Crippen LogP contribution in [0.3, 0.4) is 0 Å². The van der Waals surface area contributed by atoms with Crippen molar-refractivity contribution in [2.24, 2.45) is 0 Å². The van der Waals surface area contributed by atoms with Gasteiger partial charge in [0.1, 0.15) is 23.2 Å². The Labute approximate surface area is 110 Å². The minimum absolute atomic E-state index is 0.215. The highest BCUT2D eigenvalue weighted by molar-refractivity contribution is 7.09. The fourth-order valence-electron chi connectivity index (χ4n) is 1.51. The van der Waals surface area contributed by atoms with Crippen molar-refractivity contribution in [2.45, 2.75) is 20.1 Å². The summed E-state index contributed by atoms with van der Waals surface area (Å²) in [5.74, 6) is 0.449. The molecule has 0 fully saturated rings. The molecule has 5 heteroatoms. The number of nitrogens with one attached hydrogen (secondary N) is 1. The summed E-state index contributed by atoms with van der Waals surface area (Å²) in [5.41, 5.74) is 1.48. The van der Waals surface area contributed by atoms with Crippen LogP contribution in [-0.2, 0) is 13.2 Å². The molecule has 0 saturated carbocycles. The van der Waals surface area contributed by atoms with E-state index in [9.17, 15) is 4.39 Å². The van der Waals surface area contributed by atoms with Crippen LogP contribution >= 0.6 is 11.3 Å². The number of halogens is 1. The smallest absolute Gasteiger partial charge is 0.131 e. The Morgan fingerprint density at radius 3 is 3.00 bits per heavy atom. The number of aryl methyl sites for hydroxylation is 1. The van der Waals surface area contributed by atoms with E-state index in [-0.39, 0.29) is 5.82 Å². The van der Waals surface area contributed by atoms with Crippen LogP contribution in [0.2, 0.25) is 0 Å². The largest absolute Gasteiger partial charge is 0.487 e. The standard InChI is InChI=1S/C13H15FN2OS/c1-9-5-11(3-4-12(9)14)17-7-10-8-18-13(16-10)6-15-2/h3-5,8,15H,6-7H2,1-2H3. The van der Waals surface area contributed by atoms with Crippen molar-refractivity contribution >= 4 is 11.3 Å². The van der Waals surface area contributed by atoms with Crippen LogP contribution in [0.4, 0.5) is 4.39 Å². The van der Waals surface area contributed by atoms with E-state index in [1.165, 1.54) is 6.07 Å². The zero-order chi connectivity index (χ0) is 13.0. The average Bonchev–Trinajstić information content (AvgIpc) is 2.79. The Kier molecular flexibility index (Phi) is 4.28. The lowest BCUT2D eigenvalue weighted by molar-refractivity contribution is 0.301. The lowest BCUT2D eigenvalue weighted by Gasteiger charge is -2.05. The predicted molar refractivity (Wildman–Crippen MR) is 70.3 cm³/mol. The number of hydrogen-bond acceptors (Lipinski definition) is 4. The molecule has 0 amide bonds. The molecule has 96 valence electrons. The third kappa shape index (κ3) is 3.27. The maximum Gasteiger partial charge on any atom is 0.131 e. The molecule has 0 spiro atoms. The van der Waals surface area contributed by atoms with Crippen LogP contribution < -0.4 is 10.1 Å². The van der Waals surface area contributed by atoms with Gasteiger partial charge in [-0.3, -0.25) is 0 Å². The van der Waals surface area contributed by atoms with Crippen LogP contribution in [0, 0.1) is 12.7 Å². The molecule has 18 heavy (non-hydrogen) atoms. The first-order valence-electron chi connectivity index (χ1n) is 5.66. The molecule has 1 N–H and O–H groups in total. The number of thiazole rings is 1. The second-order valence-electron chi connectivity index (χ2n) is 3.96. The topological polar surface area (TPSA) is 34.2 Å². The molecular weight excluding hydrogens is 251 g/mol. The van der Waals surface area contributed by atoms with Crippen molar-refractivity contribution in [1.82, 2.24) is 10.3 Å². The normalized spacial score (nSPS) is 10.6. The van der Waals surface area contributed by atoms with E-state index in [2.05, 4.69) is 10.3 Å². The van der Waals surface area contributed by atoms with Gasteiger partial charge in [0.15, 0.2) is 0 Å². The van der Waals surface area contributed by atoms with Gasteiger partial charge in [0.2, 0.25) is 0 Å². The van der Waals surface area contributed by atoms with Gasteiger partial charge in [0.25, 0.3) is 0 Å². The maximum absolute atomic E-state index is 13.1. The molecule has 3 nitrogen and oxygen atoms in total. The summed E-state index contributed by atoms with van der Waals surface area (Å²) in [6.07, 6.45) is 0. The van der Waals surface area contributed by atoms with Crippen LogP contribution in [0.15, 0.2) is 23.6 Å². The molecule has 1 heterocycles. The van der Waals surface area contributed by atoms with Crippen molar-refractivity contribution < 1.29 is 9.13 Å². The van der Waals surface area contributed by atoms with Crippen molar-refractivity contribution in [3.63, 3.8) is 0 Å². The van der Waals surface area contributed by atoms with Gasteiger partial charge in [-0.1, -0.05) is 0 Å². The molecule has 0 unspecified atom stereocenters. The molecule has 0 atom stereocenters. The summed E-state index contributed by atoms with van der Waals surface area (Å²) < 4.78 is 18.7. The minimum atomic E-state index is -0.215. The SMILES string of the molecule is CNCc1nc(COc2ccc(F)c(C)c2)cs1. The van der Waals surface area contributed by atoms with Gasteiger partial charge in [-0.25, -0.2) is 9.37 Å². The Morgan fingerprint density at radius 2 is 2.28 bits per heavy atom. The highest BCUT2D eigenvalue weighted by Gasteiger charge is 2.04. The molecule has 0 aliphatic rings. The molecule has 2 aromatic rings. The van der Waals surface area contributed by atoms with E-state index in [4.69, 9.17) is 4.74 Å². The minimum Gasteiger partial charge on any atom is -0.487 e. The molecule has 0 aliphatic heterocycles. The average molecular weight is 266 g/mol. The molecular formula is C13H15FN2OS. The number of nitrogens with zero attached hydrogens (tertiary/aromatic N) is 1. The zero-order valence-corrected chi connectivity index (χ0v) is 11.2. The summed E-state index contributed by atoms with van der Waals surface area (Å²) >= 11 is 1.60. The van der Waals surface area contributed by atoms with Crippen molar-refractivity contribution in [3.8, 4) is 5.75 Å². The van der Waals surface area contributed by atoms with Gasteiger partial charge in [-0.2, -0.15) is 0 Å². The lowest BCUT2D eigenvalue weighted by atomic mass is 10.2. The summed E-state index contributed by atoms with van der Waals surface area (Å²) in [6.45, 7) is 2.89. The third-order valence-corrected chi connectivity index (χ3v) is 3.34. The fraction of sp³-hybridized carbons (Fsp3) is 0.308. The summed E-state index contributed by atoms with van der Waals surface area (Å²) in [6, 6.07) is 4.73. The van der Waals surface area contributed by atoms with Gasteiger partial charge in [-0.15, -0.1) is 11.3 Å². The van der Waals surface area contributed by atoms with Crippen LogP contribution in [0.1, 0.15) is 16.3 Å². The Balaban J connectivity index is 1.95. The Morgan fingerprint density at radius 1 is 1.44 bits per heavy atom. The van der Waals surface area contributed by atoms with E-state index in [0.717, 1.165) is 17.2 Å². The molecule has 0 aliphatic carbocycles. The van der Waals surface area contributed by atoms with E-state index in [1.54, 1.807) is 30.4 Å². The highest BCUT2D eigenvalue weighted by atomic mass is 32.1. The third-order valence-electron chi connectivity index (χ3n) is 2.44. The quantitative estimate of drug-likeness (QED) is 0.903. The second-order valence-corrected chi connectivity index (χ2v) is 4.91. The van der Waals surface area contributed by atoms with Gasteiger partial charge in [0, 0.05) is 11.9 Å². The number of rotatable bonds is 5. The fourth-order valence-corrected chi connectivity index (χ4v) is 2.30. The molecule has 1 aromatic carbocycles. The van der Waals surface area contributed by atoms with Crippen molar-refractivity contribution in [1.29, 1.82) is 0 Å². The summed E-state index contributed by atoms with van der Waals surface area (Å²) in [7, 11) is 1.89. The Hall–Kier alpha value is -1.46. The van der Waals surface area contributed by atoms with Crippen LogP contribution in [0.25, 0.3) is 0 Å². The first-order chi connectivity index (χ1) is 8.69. The number of ether oxygens (including phenoxy) is 1. The molecule has 0 saturated heterocycles. The molecule has 0 bridgehead atoms. The first kappa shape index (κ1) is 13.0. The molecule has 2 rings (SSSR count). The predicted octanol–water partition coefficient (Wildman–Crippen LogP) is 2.89. The number of aromatic nitrogens is 1. The number of hydrogen-bond donors (Lipinski definition) is 1. The van der Waals surface area contributed by atoms with Gasteiger partial charge in [0.05, 0.1) is 5.69 Å². The van der Waals surface area contributed by atoms with Crippen LogP contribution in [0.5, 0.6) is 5.75 Å². The van der Waals surface area contributed by atoms with Gasteiger partial charge < -0.3 is 10.1 Å². The maximum atomic E-state index is 13.1. The van der Waals surface area contributed by atoms with E-state index in [1.807, 2.05) is 12.4 Å². The van der Waals surface area contributed by atoms with E-state index >= 15 is 0 Å². The molecule has 0 radical (unpaired) electrons. The first-order valence-corrected chi connectivity index (χ1v) is 6.54. The van der Waals surface area contributed by atoms with Crippen LogP contribution in [-0.4, -0.2) is 12.0 Å². The highest BCUT2D eigenvalue weighted by Crippen LogP contribution is 2.18. The number of benzene rings is 1. The lowest BCUT2D eigenvalue weighted by Crippen LogP contribution is -2.05.